The van der Waals surface area contributed by atoms with Gasteiger partial charge in [-0.1, -0.05) is 54.6 Å². The number of hydrogen-bond acceptors (Lipinski definition) is 4. The van der Waals surface area contributed by atoms with Gasteiger partial charge in [-0.05, 0) is 37.5 Å². The van der Waals surface area contributed by atoms with Crippen LogP contribution in [0.25, 0.3) is 11.1 Å². The van der Waals surface area contributed by atoms with Gasteiger partial charge in [-0.2, -0.15) is 0 Å². The van der Waals surface area contributed by atoms with Crippen LogP contribution < -0.4 is 0 Å². The van der Waals surface area contributed by atoms with Crippen molar-refractivity contribution in [3.8, 4) is 11.1 Å². The minimum absolute atomic E-state index is 0.0124. The number of benzene rings is 2. The first-order valence-electron chi connectivity index (χ1n) is 9.70. The second kappa shape index (κ2) is 8.25. The fraction of sp³-hybridized carbons (Fsp3) is 0.391. The summed E-state index contributed by atoms with van der Waals surface area (Å²) in [5.41, 5.74) is 2.02. The van der Waals surface area contributed by atoms with E-state index in [1.54, 1.807) is 20.8 Å². The minimum atomic E-state index is -1.05. The highest BCUT2D eigenvalue weighted by molar-refractivity contribution is 5.75. The maximum atomic E-state index is 12.4. The third-order valence-electron chi connectivity index (χ3n) is 5.02. The number of hydrogen-bond donors (Lipinski definition) is 2. The van der Waals surface area contributed by atoms with Gasteiger partial charge in [0.2, 0.25) is 0 Å². The van der Waals surface area contributed by atoms with Gasteiger partial charge in [0.15, 0.2) is 0 Å². The van der Waals surface area contributed by atoms with Crippen LogP contribution in [0.4, 0.5) is 4.79 Å². The largest absolute Gasteiger partial charge is 0.481 e. The Morgan fingerprint density at radius 1 is 1.00 bits per heavy atom. The number of likely N-dealkylation sites (tertiary alicyclic amines) is 1. The predicted octanol–water partition coefficient (Wildman–Crippen LogP) is 3.75. The number of nitrogens with zero attached hydrogens (tertiary/aromatic N) is 1. The summed E-state index contributed by atoms with van der Waals surface area (Å²) >= 11 is 0. The summed E-state index contributed by atoms with van der Waals surface area (Å²) in [5, 5.41) is 20.6. The van der Waals surface area contributed by atoms with Gasteiger partial charge in [0.05, 0.1) is 18.6 Å². The summed E-state index contributed by atoms with van der Waals surface area (Å²) in [4.78, 5) is 25.7. The number of carbonyl (C=O) groups excluding carboxylic acids is 1. The Labute approximate surface area is 170 Å². The summed E-state index contributed by atoms with van der Waals surface area (Å²) in [6.45, 7) is 5.26. The van der Waals surface area contributed by atoms with Gasteiger partial charge in [-0.3, -0.25) is 4.79 Å². The summed E-state index contributed by atoms with van der Waals surface area (Å²) in [6, 6.07) is 17.4. The average molecular weight is 397 g/mol. The molecule has 3 atom stereocenters. The van der Waals surface area contributed by atoms with Crippen LogP contribution >= 0.6 is 0 Å². The minimum Gasteiger partial charge on any atom is -0.481 e. The molecule has 1 aliphatic rings. The highest BCUT2D eigenvalue weighted by Gasteiger charge is 2.43. The van der Waals surface area contributed by atoms with Crippen LogP contribution in [-0.4, -0.2) is 52.0 Å². The van der Waals surface area contributed by atoms with Crippen LogP contribution in [0.5, 0.6) is 0 Å². The number of aliphatic hydroxyl groups excluding tert-OH is 1. The Morgan fingerprint density at radius 2 is 1.66 bits per heavy atom. The summed E-state index contributed by atoms with van der Waals surface area (Å²) < 4.78 is 5.35. The molecule has 6 nitrogen and oxygen atoms in total. The zero-order valence-electron chi connectivity index (χ0n) is 16.9. The first kappa shape index (κ1) is 20.9. The number of amides is 1. The first-order valence-corrected chi connectivity index (χ1v) is 9.70. The van der Waals surface area contributed by atoms with E-state index in [4.69, 9.17) is 4.74 Å². The highest BCUT2D eigenvalue weighted by Crippen LogP contribution is 2.36. The molecule has 0 aliphatic carbocycles. The molecule has 6 heteroatoms. The molecule has 0 aromatic heterocycles. The van der Waals surface area contributed by atoms with Gasteiger partial charge in [0.25, 0.3) is 0 Å². The number of β-amino-alcohol motifs (C(OH)–C–C–N with tert-alkyl or cyclic N) is 1. The topological polar surface area (TPSA) is 87.1 Å². The van der Waals surface area contributed by atoms with Crippen LogP contribution in [0.1, 0.15) is 32.3 Å². The summed E-state index contributed by atoms with van der Waals surface area (Å²) in [7, 11) is 0. The van der Waals surface area contributed by atoms with E-state index in [9.17, 15) is 19.8 Å². The molecule has 1 heterocycles. The fourth-order valence-corrected chi connectivity index (χ4v) is 3.75. The normalized spacial score (nSPS) is 22.2. The zero-order chi connectivity index (χ0) is 21.2. The van der Waals surface area contributed by atoms with Crippen molar-refractivity contribution in [1.82, 2.24) is 4.90 Å². The van der Waals surface area contributed by atoms with Crippen LogP contribution in [0, 0.1) is 5.92 Å². The van der Waals surface area contributed by atoms with Crippen LogP contribution in [-0.2, 0) is 9.53 Å². The maximum absolute atomic E-state index is 12.4. The van der Waals surface area contributed by atoms with Crippen molar-refractivity contribution >= 4 is 12.1 Å². The van der Waals surface area contributed by atoms with E-state index in [-0.39, 0.29) is 13.1 Å². The molecule has 0 spiro atoms. The standard InChI is InChI=1S/C23H27NO5/c1-23(2,3)29-22(28)24-13-18(21(26)27)20(19(25)14-24)17-11-7-10-16(12-17)15-8-5-4-6-9-15/h4-12,18-20,25H,13-14H2,1-3H3,(H,26,27)/t18-,19+,20+/m0/s1. The van der Waals surface area contributed by atoms with Crippen LogP contribution in [0.15, 0.2) is 54.6 Å². The zero-order valence-corrected chi connectivity index (χ0v) is 16.9. The molecule has 29 heavy (non-hydrogen) atoms. The molecule has 1 aliphatic heterocycles. The number of rotatable bonds is 3. The van der Waals surface area contributed by atoms with E-state index in [2.05, 4.69) is 0 Å². The van der Waals surface area contributed by atoms with E-state index in [0.29, 0.717) is 0 Å². The van der Waals surface area contributed by atoms with Gasteiger partial charge in [0, 0.05) is 12.5 Å². The molecule has 3 rings (SSSR count). The Hall–Kier alpha value is -2.86. The van der Waals surface area contributed by atoms with E-state index in [0.717, 1.165) is 16.7 Å². The van der Waals surface area contributed by atoms with Crippen molar-refractivity contribution in [2.24, 2.45) is 5.92 Å². The number of aliphatic carboxylic acids is 1. The van der Waals surface area contributed by atoms with E-state index in [1.165, 1.54) is 4.90 Å². The van der Waals surface area contributed by atoms with E-state index in [1.807, 2.05) is 54.6 Å². The van der Waals surface area contributed by atoms with Crippen molar-refractivity contribution in [3.05, 3.63) is 60.2 Å². The maximum Gasteiger partial charge on any atom is 0.410 e. The lowest BCUT2D eigenvalue weighted by molar-refractivity contribution is -0.146. The molecular weight excluding hydrogens is 370 g/mol. The molecular formula is C23H27NO5. The molecule has 2 aromatic carbocycles. The van der Waals surface area contributed by atoms with Crippen molar-refractivity contribution < 1.29 is 24.5 Å². The number of aliphatic hydroxyl groups is 1. The highest BCUT2D eigenvalue weighted by atomic mass is 16.6. The lowest BCUT2D eigenvalue weighted by atomic mass is 9.78. The number of carboxylic acid groups (broad SMARTS) is 1. The molecule has 0 unspecified atom stereocenters. The predicted molar refractivity (Wildman–Crippen MR) is 110 cm³/mol. The Bertz CT molecular complexity index is 874. The van der Waals surface area contributed by atoms with Crippen molar-refractivity contribution in [2.75, 3.05) is 13.1 Å². The Morgan fingerprint density at radius 3 is 2.28 bits per heavy atom. The molecule has 2 N–H and O–H groups in total. The molecule has 1 amide bonds. The van der Waals surface area contributed by atoms with Gasteiger partial charge in [-0.15, -0.1) is 0 Å². The monoisotopic (exact) mass is 397 g/mol. The van der Waals surface area contributed by atoms with Gasteiger partial charge in [-0.25, -0.2) is 4.79 Å². The van der Waals surface area contributed by atoms with Crippen molar-refractivity contribution in [2.45, 2.75) is 38.4 Å². The molecule has 0 radical (unpaired) electrons. The number of piperidine rings is 1. The number of carboxylic acids is 1. The van der Waals surface area contributed by atoms with Gasteiger partial charge < -0.3 is 19.8 Å². The molecule has 154 valence electrons. The smallest absolute Gasteiger partial charge is 0.410 e. The Kier molecular flexibility index (Phi) is 5.94. The lowest BCUT2D eigenvalue weighted by Crippen LogP contribution is -2.53. The third-order valence-corrected chi connectivity index (χ3v) is 5.02. The second-order valence-corrected chi connectivity index (χ2v) is 8.41. The quantitative estimate of drug-likeness (QED) is 0.824. The number of ether oxygens (including phenoxy) is 1. The Balaban J connectivity index is 1.88. The van der Waals surface area contributed by atoms with Crippen LogP contribution in [0.2, 0.25) is 0 Å². The average Bonchev–Trinajstić information content (AvgIpc) is 2.66. The number of carbonyl (C=O) groups is 2. The molecule has 1 fully saturated rings. The molecule has 2 aromatic rings. The van der Waals surface area contributed by atoms with E-state index < -0.39 is 35.6 Å². The van der Waals surface area contributed by atoms with Crippen LogP contribution in [0.3, 0.4) is 0 Å². The van der Waals surface area contributed by atoms with Gasteiger partial charge in [0.1, 0.15) is 5.60 Å². The lowest BCUT2D eigenvalue weighted by Gasteiger charge is -2.40. The molecule has 0 bridgehead atoms. The van der Waals surface area contributed by atoms with Gasteiger partial charge >= 0.3 is 12.1 Å². The molecule has 1 saturated heterocycles. The third kappa shape index (κ3) is 4.95. The summed E-state index contributed by atoms with van der Waals surface area (Å²) in [6.07, 6.45) is -1.62. The SMILES string of the molecule is CC(C)(C)OC(=O)N1C[C@@H](O)[C@H](c2cccc(-c3ccccc3)c2)[C@@H](C(=O)O)C1. The van der Waals surface area contributed by atoms with E-state index >= 15 is 0 Å². The summed E-state index contributed by atoms with van der Waals surface area (Å²) in [5.74, 6) is -2.60. The van der Waals surface area contributed by atoms with Crippen molar-refractivity contribution in [1.29, 1.82) is 0 Å². The second-order valence-electron chi connectivity index (χ2n) is 8.41. The fourth-order valence-electron chi connectivity index (χ4n) is 3.75. The van der Waals surface area contributed by atoms with Crippen molar-refractivity contribution in [3.63, 3.8) is 0 Å². The molecule has 0 saturated carbocycles. The first-order chi connectivity index (χ1) is 13.7.